The lowest BCUT2D eigenvalue weighted by atomic mass is 10.1. The number of methoxy groups -OCH3 is 1. The minimum absolute atomic E-state index is 0.451. The molecule has 0 unspecified atom stereocenters. The lowest BCUT2D eigenvalue weighted by Crippen LogP contribution is -2.03. The molecule has 4 heteroatoms. The second kappa shape index (κ2) is 5.10. The Morgan fingerprint density at radius 2 is 1.94 bits per heavy atom. The van der Waals surface area contributed by atoms with Crippen molar-refractivity contribution in [2.45, 2.75) is 0 Å². The molecule has 3 nitrogen and oxygen atoms in total. The summed E-state index contributed by atoms with van der Waals surface area (Å²) in [5.41, 5.74) is 0. The lowest BCUT2D eigenvalue weighted by Gasteiger charge is -2.10. The highest BCUT2D eigenvalue weighted by Gasteiger charge is 2.10. The first-order valence-corrected chi connectivity index (χ1v) is 5.64. The van der Waals surface area contributed by atoms with Gasteiger partial charge in [-0.25, -0.2) is 4.79 Å². The van der Waals surface area contributed by atoms with Crippen LogP contribution in [-0.2, 0) is 4.79 Å². The highest BCUT2D eigenvalue weighted by molar-refractivity contribution is 6.31. The number of halogens is 1. The molecule has 0 amide bonds. The van der Waals surface area contributed by atoms with Crippen molar-refractivity contribution in [1.82, 2.24) is 0 Å². The van der Waals surface area contributed by atoms with Gasteiger partial charge in [0.05, 0.1) is 7.11 Å². The van der Waals surface area contributed by atoms with Crippen molar-refractivity contribution in [2.24, 2.45) is 0 Å². The van der Waals surface area contributed by atoms with Crippen molar-refractivity contribution in [1.29, 1.82) is 0 Å². The number of ether oxygens (including phenoxy) is 2. The van der Waals surface area contributed by atoms with Gasteiger partial charge in [-0.1, -0.05) is 18.2 Å². The Morgan fingerprint density at radius 3 is 2.61 bits per heavy atom. The summed E-state index contributed by atoms with van der Waals surface area (Å²) in [4.78, 5) is 11.2. The summed E-state index contributed by atoms with van der Waals surface area (Å²) in [5, 5.41) is 2.14. The molecule has 0 aliphatic carbocycles. The Bertz CT molecular complexity index is 620. The predicted octanol–water partition coefficient (Wildman–Crippen LogP) is 3.59. The molecule has 0 fully saturated rings. The van der Waals surface area contributed by atoms with Gasteiger partial charge >= 0.3 is 5.97 Å². The largest absolute Gasteiger partial charge is 0.496 e. The van der Waals surface area contributed by atoms with Crippen molar-refractivity contribution in [2.75, 3.05) is 7.11 Å². The second-order valence-electron chi connectivity index (χ2n) is 3.58. The van der Waals surface area contributed by atoms with E-state index in [0.29, 0.717) is 16.5 Å². The van der Waals surface area contributed by atoms with Crippen molar-refractivity contribution < 1.29 is 14.3 Å². The highest BCUT2D eigenvalue weighted by Crippen LogP contribution is 2.34. The molecule has 0 aliphatic heterocycles. The maximum absolute atomic E-state index is 11.2. The molecule has 0 atom stereocenters. The first-order valence-electron chi connectivity index (χ1n) is 5.26. The molecule has 92 valence electrons. The van der Waals surface area contributed by atoms with Gasteiger partial charge in [0.2, 0.25) is 0 Å². The average molecular weight is 263 g/mol. The molecule has 0 bridgehead atoms. The van der Waals surface area contributed by atoms with Crippen LogP contribution in [0.2, 0.25) is 5.02 Å². The highest BCUT2D eigenvalue weighted by atomic mass is 35.5. The topological polar surface area (TPSA) is 35.5 Å². The third-order valence-electron chi connectivity index (χ3n) is 2.50. The van der Waals surface area contributed by atoms with Crippen molar-refractivity contribution in [3.8, 4) is 11.5 Å². The number of hydrogen-bond acceptors (Lipinski definition) is 3. The molecule has 0 aromatic heterocycles. The summed E-state index contributed by atoms with van der Waals surface area (Å²) < 4.78 is 10.4. The van der Waals surface area contributed by atoms with Crippen LogP contribution in [0.25, 0.3) is 10.8 Å². The Kier molecular flexibility index (Phi) is 3.53. The third kappa shape index (κ3) is 2.31. The van der Waals surface area contributed by atoms with Gasteiger partial charge in [-0.15, -0.1) is 0 Å². The molecule has 0 N–H and O–H groups in total. The van der Waals surface area contributed by atoms with E-state index in [1.54, 1.807) is 37.4 Å². The summed E-state index contributed by atoms with van der Waals surface area (Å²) in [6, 6.07) is 8.68. The van der Waals surface area contributed by atoms with E-state index in [9.17, 15) is 4.79 Å². The zero-order chi connectivity index (χ0) is 13.1. The molecule has 0 radical (unpaired) electrons. The number of fused-ring (bicyclic) bond motifs is 1. The quantitative estimate of drug-likeness (QED) is 0.482. The van der Waals surface area contributed by atoms with Gasteiger partial charge in [0.15, 0.2) is 0 Å². The third-order valence-corrected chi connectivity index (χ3v) is 2.73. The fourth-order valence-corrected chi connectivity index (χ4v) is 1.86. The Morgan fingerprint density at radius 1 is 1.22 bits per heavy atom. The van der Waals surface area contributed by atoms with Gasteiger partial charge < -0.3 is 9.47 Å². The molecular formula is C14H11ClO3. The van der Waals surface area contributed by atoms with Crippen LogP contribution in [0.4, 0.5) is 0 Å². The van der Waals surface area contributed by atoms with Crippen LogP contribution in [0, 0.1) is 0 Å². The van der Waals surface area contributed by atoms with Crippen LogP contribution in [0.1, 0.15) is 0 Å². The monoisotopic (exact) mass is 262 g/mol. The lowest BCUT2D eigenvalue weighted by molar-refractivity contribution is -0.128. The fraction of sp³-hybridized carbons (Fsp3) is 0.0714. The van der Waals surface area contributed by atoms with E-state index in [2.05, 4.69) is 6.58 Å². The van der Waals surface area contributed by atoms with E-state index in [-0.39, 0.29) is 0 Å². The number of benzene rings is 2. The van der Waals surface area contributed by atoms with E-state index in [1.165, 1.54) is 0 Å². The number of rotatable bonds is 3. The van der Waals surface area contributed by atoms with E-state index in [4.69, 9.17) is 21.1 Å². The number of carbonyl (C=O) groups excluding carboxylic acids is 1. The number of carbonyl (C=O) groups is 1. The van der Waals surface area contributed by atoms with Crippen LogP contribution in [0.5, 0.6) is 11.5 Å². The zero-order valence-corrected chi connectivity index (χ0v) is 10.5. The number of esters is 1. The first-order chi connectivity index (χ1) is 8.65. The van der Waals surface area contributed by atoms with Gasteiger partial charge in [0, 0.05) is 21.9 Å². The molecule has 2 aromatic rings. The Hall–Kier alpha value is -2.00. The van der Waals surface area contributed by atoms with Crippen molar-refractivity contribution in [3.63, 3.8) is 0 Å². The molecule has 0 saturated heterocycles. The minimum atomic E-state index is -0.503. The summed E-state index contributed by atoms with van der Waals surface area (Å²) >= 11 is 5.95. The standard InChI is InChI=1S/C14H11ClO3/c1-3-14(16)18-13-7-6-12(17-2)11-8-9(15)4-5-10(11)13/h3-8H,1H2,2H3. The van der Waals surface area contributed by atoms with Gasteiger partial charge in [-0.3, -0.25) is 0 Å². The van der Waals surface area contributed by atoms with E-state index < -0.39 is 5.97 Å². The SMILES string of the molecule is C=CC(=O)Oc1ccc(OC)c2cc(Cl)ccc12. The van der Waals surface area contributed by atoms with Crippen LogP contribution in [0.15, 0.2) is 43.0 Å². The smallest absolute Gasteiger partial charge is 0.335 e. The number of hydrogen-bond donors (Lipinski definition) is 0. The van der Waals surface area contributed by atoms with Gasteiger partial charge in [-0.2, -0.15) is 0 Å². The van der Waals surface area contributed by atoms with Crippen LogP contribution < -0.4 is 9.47 Å². The average Bonchev–Trinajstić information content (AvgIpc) is 2.38. The molecule has 2 aromatic carbocycles. The molecular weight excluding hydrogens is 252 g/mol. The van der Waals surface area contributed by atoms with Gasteiger partial charge in [0.25, 0.3) is 0 Å². The van der Waals surface area contributed by atoms with Crippen LogP contribution in [0.3, 0.4) is 0 Å². The Labute approximate surface area is 110 Å². The summed E-state index contributed by atoms with van der Waals surface area (Å²) in [5.74, 6) is 0.620. The first kappa shape index (κ1) is 12.5. The molecule has 2 rings (SSSR count). The molecule has 0 heterocycles. The van der Waals surface area contributed by atoms with Crippen LogP contribution >= 0.6 is 11.6 Å². The minimum Gasteiger partial charge on any atom is -0.496 e. The molecule has 0 spiro atoms. The maximum Gasteiger partial charge on any atom is 0.335 e. The Balaban J connectivity index is 2.62. The molecule has 0 saturated carbocycles. The fourth-order valence-electron chi connectivity index (χ4n) is 1.68. The normalized spacial score (nSPS) is 10.1. The summed E-state index contributed by atoms with van der Waals surface area (Å²) in [7, 11) is 1.57. The molecule has 18 heavy (non-hydrogen) atoms. The second-order valence-corrected chi connectivity index (χ2v) is 4.02. The van der Waals surface area contributed by atoms with Gasteiger partial charge in [0.1, 0.15) is 11.5 Å². The zero-order valence-electron chi connectivity index (χ0n) is 9.77. The summed E-state index contributed by atoms with van der Waals surface area (Å²) in [6.45, 7) is 3.36. The van der Waals surface area contributed by atoms with Crippen molar-refractivity contribution in [3.05, 3.63) is 48.0 Å². The van der Waals surface area contributed by atoms with E-state index >= 15 is 0 Å². The van der Waals surface area contributed by atoms with Gasteiger partial charge in [-0.05, 0) is 30.3 Å². The maximum atomic E-state index is 11.2. The molecule has 0 aliphatic rings. The van der Waals surface area contributed by atoms with E-state index in [0.717, 1.165) is 16.8 Å². The van der Waals surface area contributed by atoms with Crippen LogP contribution in [-0.4, -0.2) is 13.1 Å². The summed E-state index contributed by atoms with van der Waals surface area (Å²) in [6.07, 6.45) is 1.12. The predicted molar refractivity (Wildman–Crippen MR) is 71.3 cm³/mol. The van der Waals surface area contributed by atoms with E-state index in [1.807, 2.05) is 0 Å². The van der Waals surface area contributed by atoms with Crippen molar-refractivity contribution >= 4 is 28.3 Å².